The maximum Gasteiger partial charge on any atom is 0.152 e. The van der Waals surface area contributed by atoms with Gasteiger partial charge >= 0.3 is 0 Å². The zero-order valence-electron chi connectivity index (χ0n) is 9.04. The maximum absolute atomic E-state index is 11.2. The molecule has 0 aromatic carbocycles. The first kappa shape index (κ1) is 11.4. The Bertz CT molecular complexity index is 440. The Balaban J connectivity index is 1.80. The number of anilines is 1. The van der Waals surface area contributed by atoms with Gasteiger partial charge in [0.1, 0.15) is 5.82 Å². The van der Waals surface area contributed by atoms with Crippen molar-refractivity contribution >= 4 is 15.7 Å². The van der Waals surface area contributed by atoms with Crippen molar-refractivity contribution in [1.29, 1.82) is 0 Å². The molecule has 1 aliphatic heterocycles. The highest BCUT2D eigenvalue weighted by Gasteiger charge is 2.20. The summed E-state index contributed by atoms with van der Waals surface area (Å²) in [5.74, 6) is 1.06. The summed E-state index contributed by atoms with van der Waals surface area (Å²) in [6, 6.07) is 1.75. The van der Waals surface area contributed by atoms with Crippen molar-refractivity contribution in [3.63, 3.8) is 0 Å². The van der Waals surface area contributed by atoms with Crippen LogP contribution < -0.4 is 5.73 Å². The highest BCUT2D eigenvalue weighted by atomic mass is 32.2. The van der Waals surface area contributed by atoms with E-state index in [1.54, 1.807) is 10.7 Å². The van der Waals surface area contributed by atoms with Gasteiger partial charge in [-0.1, -0.05) is 0 Å². The number of hydrogen-bond donors (Lipinski definition) is 1. The second-order valence-corrected chi connectivity index (χ2v) is 6.30. The highest BCUT2D eigenvalue weighted by Crippen LogP contribution is 2.04. The summed E-state index contributed by atoms with van der Waals surface area (Å²) in [5.41, 5.74) is 5.50. The Morgan fingerprint density at radius 3 is 2.56 bits per heavy atom. The van der Waals surface area contributed by atoms with Crippen molar-refractivity contribution in [2.75, 3.05) is 36.9 Å². The predicted molar refractivity (Wildman–Crippen MR) is 61.7 cm³/mol. The van der Waals surface area contributed by atoms with E-state index in [-0.39, 0.29) is 11.5 Å². The van der Waals surface area contributed by atoms with Gasteiger partial charge in [-0.3, -0.25) is 9.58 Å². The van der Waals surface area contributed by atoms with E-state index in [4.69, 9.17) is 5.73 Å². The first-order valence-electron chi connectivity index (χ1n) is 5.27. The van der Waals surface area contributed by atoms with Gasteiger partial charge in [0.25, 0.3) is 0 Å². The minimum atomic E-state index is -2.78. The Morgan fingerprint density at radius 1 is 1.31 bits per heavy atom. The molecule has 1 aromatic heterocycles. The molecule has 0 spiro atoms. The molecule has 1 fully saturated rings. The van der Waals surface area contributed by atoms with Crippen LogP contribution in [0, 0.1) is 0 Å². The van der Waals surface area contributed by atoms with E-state index >= 15 is 0 Å². The number of hydrogen-bond acceptors (Lipinski definition) is 5. The normalized spacial score (nSPS) is 21.0. The summed E-state index contributed by atoms with van der Waals surface area (Å²) in [4.78, 5) is 2.14. The zero-order chi connectivity index (χ0) is 11.6. The molecule has 1 aliphatic rings. The van der Waals surface area contributed by atoms with E-state index in [0.29, 0.717) is 18.9 Å². The molecule has 7 heteroatoms. The van der Waals surface area contributed by atoms with Crippen molar-refractivity contribution in [1.82, 2.24) is 14.7 Å². The first-order chi connectivity index (χ1) is 7.55. The minimum absolute atomic E-state index is 0.272. The molecular formula is C9H16N4O2S. The SMILES string of the molecule is Nc1ccn(CCN2CCS(=O)(=O)CC2)n1. The molecule has 1 aromatic rings. The summed E-state index contributed by atoms with van der Waals surface area (Å²) < 4.78 is 24.2. The minimum Gasteiger partial charge on any atom is -0.382 e. The van der Waals surface area contributed by atoms with E-state index in [9.17, 15) is 8.42 Å². The Morgan fingerprint density at radius 2 is 2.00 bits per heavy atom. The van der Waals surface area contributed by atoms with Crippen LogP contribution in [0.2, 0.25) is 0 Å². The van der Waals surface area contributed by atoms with Gasteiger partial charge in [-0.25, -0.2) is 8.42 Å². The highest BCUT2D eigenvalue weighted by molar-refractivity contribution is 7.91. The van der Waals surface area contributed by atoms with Crippen LogP contribution in [0.1, 0.15) is 0 Å². The van der Waals surface area contributed by atoms with E-state index in [1.807, 2.05) is 6.20 Å². The third kappa shape index (κ3) is 2.96. The van der Waals surface area contributed by atoms with Gasteiger partial charge < -0.3 is 5.73 Å². The van der Waals surface area contributed by atoms with Crippen LogP contribution in [0.3, 0.4) is 0 Å². The number of nitrogens with zero attached hydrogens (tertiary/aromatic N) is 3. The summed E-state index contributed by atoms with van der Waals surface area (Å²) >= 11 is 0. The molecule has 2 rings (SSSR count). The Labute approximate surface area is 94.9 Å². The topological polar surface area (TPSA) is 81.2 Å². The van der Waals surface area contributed by atoms with Crippen LogP contribution in [0.15, 0.2) is 12.3 Å². The summed E-state index contributed by atoms with van der Waals surface area (Å²) in [6.07, 6.45) is 1.83. The number of nitrogen functional groups attached to an aromatic ring is 1. The number of sulfone groups is 1. The molecule has 6 nitrogen and oxygen atoms in total. The lowest BCUT2D eigenvalue weighted by Gasteiger charge is -2.26. The lowest BCUT2D eigenvalue weighted by atomic mass is 10.4. The Hall–Kier alpha value is -1.08. The summed E-state index contributed by atoms with van der Waals surface area (Å²) in [6.45, 7) is 2.81. The number of nitrogens with two attached hydrogens (primary N) is 1. The molecule has 1 saturated heterocycles. The molecule has 0 radical (unpaired) electrons. The average molecular weight is 244 g/mol. The first-order valence-corrected chi connectivity index (χ1v) is 7.09. The second-order valence-electron chi connectivity index (χ2n) is 4.00. The van der Waals surface area contributed by atoms with Gasteiger partial charge in [-0.2, -0.15) is 5.10 Å². The molecule has 0 saturated carbocycles. The number of rotatable bonds is 3. The second kappa shape index (κ2) is 4.42. The van der Waals surface area contributed by atoms with Crippen LogP contribution in [0.5, 0.6) is 0 Å². The van der Waals surface area contributed by atoms with Crippen molar-refractivity contribution in [2.24, 2.45) is 0 Å². The molecule has 0 aliphatic carbocycles. The van der Waals surface area contributed by atoms with Gasteiger partial charge in [-0.05, 0) is 6.07 Å². The zero-order valence-corrected chi connectivity index (χ0v) is 9.86. The van der Waals surface area contributed by atoms with Gasteiger partial charge in [0.15, 0.2) is 9.84 Å². The van der Waals surface area contributed by atoms with E-state index < -0.39 is 9.84 Å². The van der Waals surface area contributed by atoms with E-state index in [1.165, 1.54) is 0 Å². The molecule has 0 atom stereocenters. The van der Waals surface area contributed by atoms with Crippen LogP contribution in [-0.4, -0.2) is 54.2 Å². The third-order valence-corrected chi connectivity index (χ3v) is 4.35. The average Bonchev–Trinajstić information content (AvgIpc) is 2.63. The van der Waals surface area contributed by atoms with Crippen molar-refractivity contribution in [2.45, 2.75) is 6.54 Å². The van der Waals surface area contributed by atoms with E-state index in [0.717, 1.165) is 13.1 Å². The molecular weight excluding hydrogens is 228 g/mol. The van der Waals surface area contributed by atoms with Crippen molar-refractivity contribution < 1.29 is 8.42 Å². The van der Waals surface area contributed by atoms with E-state index in [2.05, 4.69) is 10.00 Å². The molecule has 90 valence electrons. The number of aromatic nitrogens is 2. The summed E-state index contributed by atoms with van der Waals surface area (Å²) in [7, 11) is -2.78. The fourth-order valence-electron chi connectivity index (χ4n) is 1.72. The van der Waals surface area contributed by atoms with Gasteiger partial charge in [0, 0.05) is 25.8 Å². The monoisotopic (exact) mass is 244 g/mol. The molecule has 0 bridgehead atoms. The maximum atomic E-state index is 11.2. The molecule has 0 unspecified atom stereocenters. The molecule has 0 amide bonds. The largest absolute Gasteiger partial charge is 0.382 e. The van der Waals surface area contributed by atoms with Crippen molar-refractivity contribution in [3.05, 3.63) is 12.3 Å². The van der Waals surface area contributed by atoms with Gasteiger partial charge in [-0.15, -0.1) is 0 Å². The molecule has 2 N–H and O–H groups in total. The smallest absolute Gasteiger partial charge is 0.152 e. The van der Waals surface area contributed by atoms with Crippen molar-refractivity contribution in [3.8, 4) is 0 Å². The fraction of sp³-hybridized carbons (Fsp3) is 0.667. The Kier molecular flexibility index (Phi) is 3.15. The van der Waals surface area contributed by atoms with Crippen LogP contribution in [-0.2, 0) is 16.4 Å². The lowest BCUT2D eigenvalue weighted by molar-refractivity contribution is 0.278. The van der Waals surface area contributed by atoms with Crippen LogP contribution in [0.25, 0.3) is 0 Å². The fourth-order valence-corrected chi connectivity index (χ4v) is 3.00. The molecule has 16 heavy (non-hydrogen) atoms. The van der Waals surface area contributed by atoms with Gasteiger partial charge in [0.2, 0.25) is 0 Å². The summed E-state index contributed by atoms with van der Waals surface area (Å²) in [5, 5.41) is 4.07. The van der Waals surface area contributed by atoms with Crippen LogP contribution in [0.4, 0.5) is 5.82 Å². The quantitative estimate of drug-likeness (QED) is 0.752. The standard InChI is InChI=1S/C9H16N4O2S/c10-9-1-2-13(11-9)4-3-12-5-7-16(14,15)8-6-12/h1-2H,3-8H2,(H2,10,11). The predicted octanol–water partition coefficient (Wildman–Crippen LogP) is -0.804. The lowest BCUT2D eigenvalue weighted by Crippen LogP contribution is -2.41. The van der Waals surface area contributed by atoms with Gasteiger partial charge in [0.05, 0.1) is 18.1 Å². The third-order valence-electron chi connectivity index (χ3n) is 2.74. The van der Waals surface area contributed by atoms with Crippen LogP contribution >= 0.6 is 0 Å². The molecule has 2 heterocycles.